The number of imidazole rings is 1. The first kappa shape index (κ1) is 11.0. The van der Waals surface area contributed by atoms with Gasteiger partial charge in [-0.1, -0.05) is 22.0 Å². The summed E-state index contributed by atoms with van der Waals surface area (Å²) in [6, 6.07) is 5.18. The Kier molecular flexibility index (Phi) is 2.74. The van der Waals surface area contributed by atoms with Crippen LogP contribution in [0.25, 0.3) is 0 Å². The third kappa shape index (κ3) is 1.90. The maximum atomic E-state index is 13.1. The fraction of sp³-hybridized carbons (Fsp3) is 0.308. The molecule has 0 saturated heterocycles. The van der Waals surface area contributed by atoms with Gasteiger partial charge in [0.05, 0.1) is 12.4 Å². The molecule has 1 aliphatic heterocycles. The summed E-state index contributed by atoms with van der Waals surface area (Å²) in [5.74, 6) is -0.206. The second-order valence-electron chi connectivity index (χ2n) is 4.37. The van der Waals surface area contributed by atoms with Gasteiger partial charge in [-0.2, -0.15) is 0 Å². The second kappa shape index (κ2) is 4.26. The largest absolute Gasteiger partial charge is 0.327 e. The first-order valence-electron chi connectivity index (χ1n) is 5.71. The fourth-order valence-corrected chi connectivity index (χ4v) is 3.11. The van der Waals surface area contributed by atoms with Crippen molar-refractivity contribution in [1.82, 2.24) is 9.55 Å². The molecule has 0 N–H and O–H groups in total. The van der Waals surface area contributed by atoms with Gasteiger partial charge in [-0.25, -0.2) is 9.37 Å². The van der Waals surface area contributed by atoms with E-state index in [0.717, 1.165) is 29.3 Å². The molecule has 1 aromatic carbocycles. The Balaban J connectivity index is 2.06. The van der Waals surface area contributed by atoms with Gasteiger partial charge >= 0.3 is 0 Å². The van der Waals surface area contributed by atoms with E-state index in [0.29, 0.717) is 0 Å². The topological polar surface area (TPSA) is 17.8 Å². The van der Waals surface area contributed by atoms with Gasteiger partial charge in [-0.15, -0.1) is 0 Å². The molecule has 0 aliphatic carbocycles. The van der Waals surface area contributed by atoms with Crippen molar-refractivity contribution in [3.8, 4) is 0 Å². The number of fused-ring (bicyclic) bond motifs is 1. The molecule has 17 heavy (non-hydrogen) atoms. The van der Waals surface area contributed by atoms with Crippen LogP contribution in [0.3, 0.4) is 0 Å². The van der Waals surface area contributed by atoms with E-state index in [4.69, 9.17) is 0 Å². The number of nitrogens with zero attached hydrogens (tertiary/aromatic N) is 2. The van der Waals surface area contributed by atoms with E-state index in [1.807, 2.05) is 18.6 Å². The van der Waals surface area contributed by atoms with Crippen LogP contribution in [0.4, 0.5) is 4.39 Å². The van der Waals surface area contributed by atoms with Crippen molar-refractivity contribution >= 4 is 15.9 Å². The Bertz CT molecular complexity index is 550. The molecule has 1 aromatic heterocycles. The van der Waals surface area contributed by atoms with Crippen molar-refractivity contribution in [3.63, 3.8) is 0 Å². The standard InChI is InChI=1S/C13H12BrFN2/c14-12-6-9(15)4-5-11(12)13-3-1-2-10-7-16-8-17(10)13/h4-8,13H,1-3H2. The van der Waals surface area contributed by atoms with Crippen LogP contribution in [0.15, 0.2) is 35.2 Å². The highest BCUT2D eigenvalue weighted by Crippen LogP contribution is 2.34. The van der Waals surface area contributed by atoms with E-state index in [1.165, 1.54) is 17.8 Å². The SMILES string of the molecule is Fc1ccc(C2CCCc3cncn32)c(Br)c1. The van der Waals surface area contributed by atoms with E-state index in [9.17, 15) is 4.39 Å². The van der Waals surface area contributed by atoms with Crippen LogP contribution in [-0.2, 0) is 6.42 Å². The average Bonchev–Trinajstić information content (AvgIpc) is 2.77. The monoisotopic (exact) mass is 294 g/mol. The number of benzene rings is 1. The summed E-state index contributed by atoms with van der Waals surface area (Å²) in [6.45, 7) is 0. The minimum absolute atomic E-state index is 0.206. The summed E-state index contributed by atoms with van der Waals surface area (Å²) >= 11 is 3.45. The average molecular weight is 295 g/mol. The molecule has 2 heterocycles. The van der Waals surface area contributed by atoms with Crippen molar-refractivity contribution in [2.24, 2.45) is 0 Å². The van der Waals surface area contributed by atoms with Crippen LogP contribution in [0.2, 0.25) is 0 Å². The second-order valence-corrected chi connectivity index (χ2v) is 5.22. The molecule has 2 nitrogen and oxygen atoms in total. The zero-order valence-electron chi connectivity index (χ0n) is 9.24. The molecule has 0 spiro atoms. The van der Waals surface area contributed by atoms with Gasteiger partial charge in [0.15, 0.2) is 0 Å². The molecule has 88 valence electrons. The summed E-state index contributed by atoms with van der Waals surface area (Å²) in [6.07, 6.45) is 7.10. The van der Waals surface area contributed by atoms with Gasteiger partial charge in [-0.05, 0) is 37.0 Å². The Labute approximate surface area is 108 Å². The highest BCUT2D eigenvalue weighted by atomic mass is 79.9. The third-order valence-corrected chi connectivity index (χ3v) is 4.00. The smallest absolute Gasteiger partial charge is 0.124 e. The van der Waals surface area contributed by atoms with Crippen molar-refractivity contribution in [1.29, 1.82) is 0 Å². The molecule has 1 unspecified atom stereocenters. The summed E-state index contributed by atoms with van der Waals surface area (Å²) < 4.78 is 16.1. The predicted octanol–water partition coefficient (Wildman–Crippen LogP) is 3.71. The summed E-state index contributed by atoms with van der Waals surface area (Å²) in [4.78, 5) is 4.20. The van der Waals surface area contributed by atoms with Crippen molar-refractivity contribution in [3.05, 3.63) is 52.3 Å². The Morgan fingerprint density at radius 2 is 2.29 bits per heavy atom. The van der Waals surface area contributed by atoms with Gasteiger partial charge in [0.25, 0.3) is 0 Å². The number of rotatable bonds is 1. The normalized spacial score (nSPS) is 19.1. The van der Waals surface area contributed by atoms with E-state index < -0.39 is 0 Å². The van der Waals surface area contributed by atoms with Crippen LogP contribution in [-0.4, -0.2) is 9.55 Å². The van der Waals surface area contributed by atoms with Crippen LogP contribution >= 0.6 is 15.9 Å². The number of halogens is 2. The molecule has 1 atom stereocenters. The minimum atomic E-state index is -0.206. The van der Waals surface area contributed by atoms with E-state index in [2.05, 4.69) is 25.5 Å². The maximum Gasteiger partial charge on any atom is 0.124 e. The summed E-state index contributed by atoms with van der Waals surface area (Å²) in [5.41, 5.74) is 2.39. The highest BCUT2D eigenvalue weighted by Gasteiger charge is 2.22. The first-order valence-corrected chi connectivity index (χ1v) is 6.50. The molecule has 0 amide bonds. The number of aryl methyl sites for hydroxylation is 1. The molecule has 0 bridgehead atoms. The molecule has 1 aliphatic rings. The summed E-state index contributed by atoms with van der Waals surface area (Å²) in [5, 5.41) is 0. The van der Waals surface area contributed by atoms with Gasteiger partial charge in [0.2, 0.25) is 0 Å². The van der Waals surface area contributed by atoms with Crippen LogP contribution in [0, 0.1) is 5.82 Å². The van der Waals surface area contributed by atoms with Crippen LogP contribution in [0.1, 0.15) is 30.1 Å². The lowest BCUT2D eigenvalue weighted by Crippen LogP contribution is -2.18. The van der Waals surface area contributed by atoms with Crippen LogP contribution < -0.4 is 0 Å². The summed E-state index contributed by atoms with van der Waals surface area (Å²) in [7, 11) is 0. The van der Waals surface area contributed by atoms with Gasteiger partial charge < -0.3 is 4.57 Å². The molecule has 3 rings (SSSR count). The quantitative estimate of drug-likeness (QED) is 0.784. The predicted molar refractivity (Wildman–Crippen MR) is 67.4 cm³/mol. The molecule has 0 saturated carbocycles. The molecule has 0 fully saturated rings. The molecule has 4 heteroatoms. The minimum Gasteiger partial charge on any atom is -0.327 e. The Hall–Kier alpha value is -1.16. The van der Waals surface area contributed by atoms with Crippen molar-refractivity contribution in [2.45, 2.75) is 25.3 Å². The zero-order valence-corrected chi connectivity index (χ0v) is 10.8. The number of hydrogen-bond donors (Lipinski definition) is 0. The lowest BCUT2D eigenvalue weighted by atomic mass is 9.96. The van der Waals surface area contributed by atoms with Crippen molar-refractivity contribution in [2.75, 3.05) is 0 Å². The van der Waals surface area contributed by atoms with Gasteiger partial charge in [0, 0.05) is 16.4 Å². The molecule has 2 aromatic rings. The first-order chi connectivity index (χ1) is 8.25. The van der Waals surface area contributed by atoms with Crippen molar-refractivity contribution < 1.29 is 4.39 Å². The van der Waals surface area contributed by atoms with E-state index in [1.54, 1.807) is 0 Å². The molecular weight excluding hydrogens is 283 g/mol. The molecule has 0 radical (unpaired) electrons. The maximum absolute atomic E-state index is 13.1. The zero-order chi connectivity index (χ0) is 11.8. The van der Waals surface area contributed by atoms with E-state index in [-0.39, 0.29) is 11.9 Å². The lowest BCUT2D eigenvalue weighted by Gasteiger charge is -2.26. The van der Waals surface area contributed by atoms with E-state index >= 15 is 0 Å². The Morgan fingerprint density at radius 3 is 3.12 bits per heavy atom. The van der Waals surface area contributed by atoms with Gasteiger partial charge in [-0.3, -0.25) is 0 Å². The number of aromatic nitrogens is 2. The fourth-order valence-electron chi connectivity index (χ4n) is 2.50. The highest BCUT2D eigenvalue weighted by molar-refractivity contribution is 9.10. The molecular formula is C13H12BrFN2. The third-order valence-electron chi connectivity index (χ3n) is 3.31. The van der Waals surface area contributed by atoms with Crippen LogP contribution in [0.5, 0.6) is 0 Å². The lowest BCUT2D eigenvalue weighted by molar-refractivity contribution is 0.455. The van der Waals surface area contributed by atoms with Gasteiger partial charge in [0.1, 0.15) is 5.82 Å². The Morgan fingerprint density at radius 1 is 1.41 bits per heavy atom. The number of hydrogen-bond acceptors (Lipinski definition) is 1.